The van der Waals surface area contributed by atoms with Crippen molar-refractivity contribution in [3.8, 4) is 0 Å². The average Bonchev–Trinajstić information content (AvgIpc) is 2.05. The second-order valence-corrected chi connectivity index (χ2v) is 2.36. The molecule has 1 N–H and O–H groups in total. The first-order valence-electron chi connectivity index (χ1n) is 3.59. The normalized spacial score (nSPS) is 9.33. The number of allylic oxidation sites excluding steroid dienone is 1. The molecule has 0 amide bonds. The van der Waals surface area contributed by atoms with Gasteiger partial charge in [0.05, 0.1) is 5.56 Å². The lowest BCUT2D eigenvalue weighted by atomic mass is 10.1. The number of rotatable bonds is 3. The molecule has 0 unspecified atom stereocenters. The molecule has 0 heterocycles. The number of carboxylic acid groups (broad SMARTS) is 1. The predicted octanol–water partition coefficient (Wildman–Crippen LogP) is 1.91. The van der Waals surface area contributed by atoms with Gasteiger partial charge in [0, 0.05) is 0 Å². The summed E-state index contributed by atoms with van der Waals surface area (Å²) in [7, 11) is 0. The lowest BCUT2D eigenvalue weighted by molar-refractivity contribution is 0.0696. The van der Waals surface area contributed by atoms with Crippen molar-refractivity contribution in [2.45, 2.75) is 6.42 Å². The van der Waals surface area contributed by atoms with Crippen molar-refractivity contribution < 1.29 is 9.90 Å². The van der Waals surface area contributed by atoms with Gasteiger partial charge >= 0.3 is 5.97 Å². The molecule has 0 aliphatic heterocycles. The van der Waals surface area contributed by atoms with Crippen molar-refractivity contribution in [1.82, 2.24) is 0 Å². The number of aromatic carboxylic acids is 1. The topological polar surface area (TPSA) is 37.3 Å². The smallest absolute Gasteiger partial charge is 0.335 e. The lowest BCUT2D eigenvalue weighted by Crippen LogP contribution is -2.01. The minimum absolute atomic E-state index is 0.303. The van der Waals surface area contributed by atoms with Crippen LogP contribution in [0.5, 0.6) is 0 Å². The van der Waals surface area contributed by atoms with Gasteiger partial charge in [-0.3, -0.25) is 0 Å². The van der Waals surface area contributed by atoms with Gasteiger partial charge < -0.3 is 5.11 Å². The molecule has 0 atom stereocenters. The number of hydrogen-bond acceptors (Lipinski definition) is 1. The van der Waals surface area contributed by atoms with Crippen LogP contribution >= 0.6 is 0 Å². The zero-order chi connectivity index (χ0) is 8.97. The van der Waals surface area contributed by atoms with E-state index in [0.717, 1.165) is 0 Å². The third kappa shape index (κ3) is 1.72. The summed E-state index contributed by atoms with van der Waals surface area (Å²) in [5, 5.41) is 8.74. The molecule has 0 aromatic heterocycles. The summed E-state index contributed by atoms with van der Waals surface area (Å²) in [4.78, 5) is 10.6. The Morgan fingerprint density at radius 1 is 1.75 bits per heavy atom. The number of hydrogen-bond donors (Lipinski definition) is 1. The van der Waals surface area contributed by atoms with Crippen LogP contribution < -0.4 is 0 Å². The molecular formula is C10H9O2. The van der Waals surface area contributed by atoms with Crippen LogP contribution in [0.25, 0.3) is 0 Å². The molecule has 61 valence electrons. The van der Waals surface area contributed by atoms with Crippen LogP contribution in [0.15, 0.2) is 30.9 Å². The molecular weight excluding hydrogens is 152 g/mol. The third-order valence-electron chi connectivity index (χ3n) is 1.52. The van der Waals surface area contributed by atoms with Gasteiger partial charge in [0.1, 0.15) is 0 Å². The quantitative estimate of drug-likeness (QED) is 0.687. The minimum Gasteiger partial charge on any atom is -0.478 e. The van der Waals surface area contributed by atoms with Gasteiger partial charge in [-0.05, 0) is 24.1 Å². The van der Waals surface area contributed by atoms with E-state index < -0.39 is 5.97 Å². The van der Waals surface area contributed by atoms with Gasteiger partial charge in [-0.25, -0.2) is 4.79 Å². The van der Waals surface area contributed by atoms with E-state index in [1.165, 1.54) is 0 Å². The molecule has 2 nitrogen and oxygen atoms in total. The Balaban J connectivity index is 3.07. The molecule has 1 radical (unpaired) electrons. The van der Waals surface area contributed by atoms with Crippen molar-refractivity contribution >= 4 is 5.97 Å². The molecule has 0 aliphatic rings. The standard InChI is InChI=1S/C10H9O2/c1-2-5-8-6-3-4-7-9(8)10(11)12/h2-4,7H,1,5H2,(H,11,12). The first-order chi connectivity index (χ1) is 5.75. The summed E-state index contributed by atoms with van der Waals surface area (Å²) in [5.74, 6) is -0.913. The Kier molecular flexibility index (Phi) is 2.64. The molecule has 12 heavy (non-hydrogen) atoms. The molecule has 1 rings (SSSR count). The Hall–Kier alpha value is -1.57. The third-order valence-corrected chi connectivity index (χ3v) is 1.52. The molecule has 0 bridgehead atoms. The monoisotopic (exact) mass is 161 g/mol. The highest BCUT2D eigenvalue weighted by atomic mass is 16.4. The van der Waals surface area contributed by atoms with Gasteiger partial charge in [0.2, 0.25) is 0 Å². The fourth-order valence-electron chi connectivity index (χ4n) is 0.985. The summed E-state index contributed by atoms with van der Waals surface area (Å²) < 4.78 is 0. The van der Waals surface area contributed by atoms with E-state index in [9.17, 15) is 4.79 Å². The van der Waals surface area contributed by atoms with E-state index >= 15 is 0 Å². The van der Waals surface area contributed by atoms with Crippen molar-refractivity contribution in [1.29, 1.82) is 0 Å². The molecule has 1 aromatic rings. The van der Waals surface area contributed by atoms with Crippen LogP contribution in [0.4, 0.5) is 0 Å². The number of benzene rings is 1. The molecule has 0 saturated heterocycles. The predicted molar refractivity (Wildman–Crippen MR) is 46.1 cm³/mol. The zero-order valence-corrected chi connectivity index (χ0v) is 6.58. The second-order valence-electron chi connectivity index (χ2n) is 2.36. The van der Waals surface area contributed by atoms with Crippen LogP contribution in [-0.4, -0.2) is 11.1 Å². The Morgan fingerprint density at radius 2 is 2.50 bits per heavy atom. The van der Waals surface area contributed by atoms with Crippen LogP contribution in [0.3, 0.4) is 0 Å². The Labute approximate surface area is 71.2 Å². The van der Waals surface area contributed by atoms with E-state index in [1.54, 1.807) is 24.3 Å². The van der Waals surface area contributed by atoms with Crippen LogP contribution in [-0.2, 0) is 6.42 Å². The second kappa shape index (κ2) is 3.72. The summed E-state index contributed by atoms with van der Waals surface area (Å²) in [6.45, 7) is 3.54. The highest BCUT2D eigenvalue weighted by molar-refractivity contribution is 5.89. The maximum atomic E-state index is 10.6. The minimum atomic E-state index is -0.913. The van der Waals surface area contributed by atoms with E-state index in [1.807, 2.05) is 0 Å². The Bertz CT molecular complexity index is 302. The zero-order valence-electron chi connectivity index (χ0n) is 6.58. The van der Waals surface area contributed by atoms with E-state index in [-0.39, 0.29) is 0 Å². The van der Waals surface area contributed by atoms with E-state index in [2.05, 4.69) is 12.6 Å². The summed E-state index contributed by atoms with van der Waals surface area (Å²) in [6, 6.07) is 7.80. The largest absolute Gasteiger partial charge is 0.478 e. The van der Waals surface area contributed by atoms with E-state index in [4.69, 9.17) is 5.11 Å². The van der Waals surface area contributed by atoms with Gasteiger partial charge in [-0.2, -0.15) is 0 Å². The average molecular weight is 161 g/mol. The fourth-order valence-corrected chi connectivity index (χ4v) is 0.985. The van der Waals surface area contributed by atoms with E-state index in [0.29, 0.717) is 17.5 Å². The molecule has 1 aromatic carbocycles. The van der Waals surface area contributed by atoms with Crippen LogP contribution in [0.1, 0.15) is 15.9 Å². The van der Waals surface area contributed by atoms with Crippen molar-refractivity contribution in [3.63, 3.8) is 0 Å². The van der Waals surface area contributed by atoms with Gasteiger partial charge in [0.25, 0.3) is 0 Å². The summed E-state index contributed by atoms with van der Waals surface area (Å²) >= 11 is 0. The number of carbonyl (C=O) groups is 1. The van der Waals surface area contributed by atoms with Crippen LogP contribution in [0.2, 0.25) is 0 Å². The van der Waals surface area contributed by atoms with Crippen LogP contribution in [0, 0.1) is 6.07 Å². The molecule has 0 aliphatic carbocycles. The molecule has 0 fully saturated rings. The first-order valence-corrected chi connectivity index (χ1v) is 3.59. The Morgan fingerprint density at radius 3 is 3.08 bits per heavy atom. The maximum Gasteiger partial charge on any atom is 0.335 e. The first kappa shape index (κ1) is 8.53. The number of carboxylic acids is 1. The highest BCUT2D eigenvalue weighted by Gasteiger charge is 2.06. The van der Waals surface area contributed by atoms with Crippen molar-refractivity contribution in [3.05, 3.63) is 48.0 Å². The fraction of sp³-hybridized carbons (Fsp3) is 0.100. The molecule has 2 heteroatoms. The summed E-state index contributed by atoms with van der Waals surface area (Å²) in [6.07, 6.45) is 2.21. The SMILES string of the molecule is C=CCc1[c]cccc1C(=O)O. The van der Waals surface area contributed by atoms with Crippen molar-refractivity contribution in [2.75, 3.05) is 0 Å². The summed E-state index contributed by atoms with van der Waals surface area (Å²) in [5.41, 5.74) is 0.984. The van der Waals surface area contributed by atoms with Gasteiger partial charge in [-0.1, -0.05) is 18.2 Å². The van der Waals surface area contributed by atoms with Gasteiger partial charge in [-0.15, -0.1) is 6.58 Å². The lowest BCUT2D eigenvalue weighted by Gasteiger charge is -2.00. The highest BCUT2D eigenvalue weighted by Crippen LogP contribution is 2.08. The van der Waals surface area contributed by atoms with Gasteiger partial charge in [0.15, 0.2) is 0 Å². The van der Waals surface area contributed by atoms with Crippen molar-refractivity contribution in [2.24, 2.45) is 0 Å². The molecule has 0 spiro atoms. The maximum absolute atomic E-state index is 10.6. The molecule has 0 saturated carbocycles.